The van der Waals surface area contributed by atoms with Crippen molar-refractivity contribution in [2.75, 3.05) is 6.54 Å². The molecule has 0 spiro atoms. The van der Waals surface area contributed by atoms with Gasteiger partial charge in [0.1, 0.15) is 0 Å². The maximum Gasteiger partial charge on any atom is 0.240 e. The van der Waals surface area contributed by atoms with Gasteiger partial charge in [-0.05, 0) is 42.5 Å². The molecule has 24 heavy (non-hydrogen) atoms. The van der Waals surface area contributed by atoms with Crippen LogP contribution in [-0.4, -0.2) is 21.6 Å². The summed E-state index contributed by atoms with van der Waals surface area (Å²) in [5.74, 6) is 1.27. The van der Waals surface area contributed by atoms with Gasteiger partial charge >= 0.3 is 0 Å². The van der Waals surface area contributed by atoms with E-state index < -0.39 is 0 Å². The summed E-state index contributed by atoms with van der Waals surface area (Å²) < 4.78 is 5.26. The highest BCUT2D eigenvalue weighted by Gasteiger charge is 2.12. The number of hydrogen-bond acceptors (Lipinski definition) is 6. The molecule has 0 amide bonds. The van der Waals surface area contributed by atoms with E-state index in [4.69, 9.17) is 9.78 Å². The minimum atomic E-state index is 0.600. The van der Waals surface area contributed by atoms with Gasteiger partial charge in [-0.25, -0.2) is 0 Å². The molecular weight excluding hydrogens is 320 g/mol. The lowest BCUT2D eigenvalue weighted by Gasteiger charge is -2.20. The Labute approximate surface area is 145 Å². The molecule has 0 aliphatic heterocycles. The molecule has 0 aliphatic carbocycles. The lowest BCUT2D eigenvalue weighted by Crippen LogP contribution is -2.25. The first-order valence-electron chi connectivity index (χ1n) is 7.76. The van der Waals surface area contributed by atoms with Crippen molar-refractivity contribution in [1.29, 1.82) is 5.26 Å². The Balaban J connectivity index is 1.71. The van der Waals surface area contributed by atoms with E-state index in [-0.39, 0.29) is 0 Å². The molecule has 0 N–H and O–H groups in total. The largest absolute Gasteiger partial charge is 0.338 e. The summed E-state index contributed by atoms with van der Waals surface area (Å²) in [4.78, 5) is 7.92. The fourth-order valence-corrected chi connectivity index (χ4v) is 3.23. The molecule has 2 aromatic heterocycles. The lowest BCUT2D eigenvalue weighted by molar-refractivity contribution is 0.221. The number of aromatic nitrogens is 2. The molecule has 0 radical (unpaired) electrons. The van der Waals surface area contributed by atoms with Crippen LogP contribution in [0.5, 0.6) is 0 Å². The molecule has 0 saturated heterocycles. The summed E-state index contributed by atoms with van der Waals surface area (Å²) >= 11 is 1.77. The maximum absolute atomic E-state index is 9.07. The van der Waals surface area contributed by atoms with Gasteiger partial charge in [0.25, 0.3) is 0 Å². The summed E-state index contributed by atoms with van der Waals surface area (Å²) in [5.41, 5.74) is 1.79. The van der Waals surface area contributed by atoms with Crippen molar-refractivity contribution in [1.82, 2.24) is 15.0 Å². The van der Waals surface area contributed by atoms with Crippen LogP contribution in [0.2, 0.25) is 0 Å². The van der Waals surface area contributed by atoms with E-state index in [1.165, 1.54) is 4.88 Å². The van der Waals surface area contributed by atoms with E-state index in [9.17, 15) is 0 Å². The fourth-order valence-electron chi connectivity index (χ4n) is 2.53. The number of nitriles is 1. The van der Waals surface area contributed by atoms with Gasteiger partial charge in [-0.3, -0.25) is 4.90 Å². The van der Waals surface area contributed by atoms with Crippen molar-refractivity contribution in [2.24, 2.45) is 0 Å². The first-order chi connectivity index (χ1) is 11.7. The molecule has 0 fully saturated rings. The van der Waals surface area contributed by atoms with Crippen LogP contribution in [-0.2, 0) is 19.5 Å². The summed E-state index contributed by atoms with van der Waals surface area (Å²) in [6.07, 6.45) is 0.975. The fraction of sp³-hybridized carbons (Fsp3) is 0.278. The Morgan fingerprint density at radius 1 is 1.25 bits per heavy atom. The van der Waals surface area contributed by atoms with E-state index in [1.54, 1.807) is 11.3 Å². The van der Waals surface area contributed by atoms with Crippen LogP contribution in [0.25, 0.3) is 0 Å². The predicted molar refractivity (Wildman–Crippen MR) is 92.3 cm³/mol. The van der Waals surface area contributed by atoms with Crippen LogP contribution >= 0.6 is 11.3 Å². The van der Waals surface area contributed by atoms with Crippen LogP contribution in [0.15, 0.2) is 46.3 Å². The molecule has 0 atom stereocenters. The molecule has 0 aliphatic rings. The van der Waals surface area contributed by atoms with Gasteiger partial charge in [0.2, 0.25) is 5.89 Å². The number of hydrogen-bond donors (Lipinski definition) is 0. The van der Waals surface area contributed by atoms with E-state index in [1.807, 2.05) is 31.2 Å². The van der Waals surface area contributed by atoms with E-state index in [0.717, 1.165) is 25.1 Å². The summed E-state index contributed by atoms with van der Waals surface area (Å²) in [7, 11) is 0. The van der Waals surface area contributed by atoms with Crippen molar-refractivity contribution in [3.63, 3.8) is 0 Å². The van der Waals surface area contributed by atoms with E-state index in [2.05, 4.69) is 38.6 Å². The predicted octanol–water partition coefficient (Wildman–Crippen LogP) is 3.56. The Morgan fingerprint density at radius 3 is 2.88 bits per heavy atom. The second kappa shape index (κ2) is 7.86. The van der Waals surface area contributed by atoms with E-state index >= 15 is 0 Å². The van der Waals surface area contributed by atoms with Gasteiger partial charge in [-0.2, -0.15) is 10.2 Å². The molecular formula is C18H18N4OS. The van der Waals surface area contributed by atoms with Crippen LogP contribution in [0.4, 0.5) is 0 Å². The third kappa shape index (κ3) is 4.51. The zero-order chi connectivity index (χ0) is 16.8. The molecule has 0 saturated carbocycles. The van der Waals surface area contributed by atoms with Crippen LogP contribution in [0.1, 0.15) is 27.7 Å². The first-order valence-corrected chi connectivity index (χ1v) is 8.64. The smallest absolute Gasteiger partial charge is 0.240 e. The summed E-state index contributed by atoms with van der Waals surface area (Å²) in [6, 6.07) is 14.1. The molecule has 122 valence electrons. The lowest BCUT2D eigenvalue weighted by atomic mass is 10.1. The Bertz CT molecular complexity index is 820. The van der Waals surface area contributed by atoms with Crippen LogP contribution < -0.4 is 0 Å². The second-order valence-electron chi connectivity index (χ2n) is 5.59. The number of nitrogens with zero attached hydrogens (tertiary/aromatic N) is 4. The first kappa shape index (κ1) is 16.4. The van der Waals surface area contributed by atoms with Crippen LogP contribution in [0.3, 0.4) is 0 Å². The Morgan fingerprint density at radius 2 is 2.17 bits per heavy atom. The topological polar surface area (TPSA) is 66.0 Å². The Hall–Kier alpha value is -2.49. The molecule has 5 nitrogen and oxygen atoms in total. The normalized spacial score (nSPS) is 10.9. The maximum atomic E-state index is 9.07. The molecule has 3 aromatic rings. The standard InChI is InChI=1S/C18H18N4OS/c1-14-20-18(23-21-14)13-22(8-7-17-6-3-9-24-17)12-16-5-2-4-15(10-16)11-19/h2-6,9-10H,7-8,12-13H2,1H3. The van der Waals surface area contributed by atoms with Gasteiger partial charge in [0, 0.05) is 18.0 Å². The highest BCUT2D eigenvalue weighted by Crippen LogP contribution is 2.14. The minimum absolute atomic E-state index is 0.600. The number of thiophene rings is 1. The zero-order valence-corrected chi connectivity index (χ0v) is 14.3. The third-order valence-corrected chi connectivity index (χ3v) is 4.58. The second-order valence-corrected chi connectivity index (χ2v) is 6.62. The minimum Gasteiger partial charge on any atom is -0.338 e. The molecule has 6 heteroatoms. The van der Waals surface area contributed by atoms with Crippen molar-refractivity contribution < 1.29 is 4.52 Å². The quantitative estimate of drug-likeness (QED) is 0.659. The number of benzene rings is 1. The van der Waals surface area contributed by atoms with Crippen molar-refractivity contribution in [2.45, 2.75) is 26.4 Å². The molecule has 0 bridgehead atoms. The summed E-state index contributed by atoms with van der Waals surface area (Å²) in [6.45, 7) is 4.05. The third-order valence-electron chi connectivity index (χ3n) is 3.65. The number of rotatable bonds is 7. The van der Waals surface area contributed by atoms with Gasteiger partial charge < -0.3 is 4.52 Å². The van der Waals surface area contributed by atoms with Crippen LogP contribution in [0, 0.1) is 18.3 Å². The monoisotopic (exact) mass is 338 g/mol. The van der Waals surface area contributed by atoms with E-state index in [0.29, 0.717) is 23.8 Å². The number of aryl methyl sites for hydroxylation is 1. The molecule has 3 rings (SSSR count). The van der Waals surface area contributed by atoms with Gasteiger partial charge in [0.05, 0.1) is 18.2 Å². The van der Waals surface area contributed by atoms with Gasteiger partial charge in [-0.1, -0.05) is 23.4 Å². The summed E-state index contributed by atoms with van der Waals surface area (Å²) in [5, 5.41) is 15.0. The zero-order valence-electron chi connectivity index (χ0n) is 13.5. The SMILES string of the molecule is Cc1noc(CN(CCc2cccs2)Cc2cccc(C#N)c2)n1. The molecule has 1 aromatic carbocycles. The average Bonchev–Trinajstić information content (AvgIpc) is 3.24. The van der Waals surface area contributed by atoms with Gasteiger partial charge in [0.15, 0.2) is 5.82 Å². The highest BCUT2D eigenvalue weighted by atomic mass is 32.1. The van der Waals surface area contributed by atoms with Gasteiger partial charge in [-0.15, -0.1) is 11.3 Å². The molecule has 0 unspecified atom stereocenters. The average molecular weight is 338 g/mol. The van der Waals surface area contributed by atoms with Crippen molar-refractivity contribution in [3.8, 4) is 6.07 Å². The van der Waals surface area contributed by atoms with Crippen molar-refractivity contribution >= 4 is 11.3 Å². The molecule has 2 heterocycles. The highest BCUT2D eigenvalue weighted by molar-refractivity contribution is 7.09. The Kier molecular flexibility index (Phi) is 5.36. The van der Waals surface area contributed by atoms with Crippen molar-refractivity contribution in [3.05, 3.63) is 69.5 Å².